The molecule has 2 aromatic rings. The molecular formula is C13H15Cl2N3. The standard InChI is InChI=1S/C13H15Cl2N3/c1-18-9-13(16-17-18)7-11(8-14)6-10-2-4-12(15)5-3-10/h2-5,9,11H,6-8H2,1H3. The molecular weight excluding hydrogens is 269 g/mol. The van der Waals surface area contributed by atoms with Crippen molar-refractivity contribution in [3.8, 4) is 0 Å². The third kappa shape index (κ3) is 3.72. The van der Waals surface area contributed by atoms with Crippen molar-refractivity contribution in [2.75, 3.05) is 5.88 Å². The van der Waals surface area contributed by atoms with Crippen molar-refractivity contribution < 1.29 is 0 Å². The maximum atomic E-state index is 6.02. The molecule has 18 heavy (non-hydrogen) atoms. The lowest BCUT2D eigenvalue weighted by atomic mass is 9.97. The Morgan fingerprint density at radius 3 is 2.50 bits per heavy atom. The minimum Gasteiger partial charge on any atom is -0.255 e. The molecule has 96 valence electrons. The van der Waals surface area contributed by atoms with Gasteiger partial charge in [-0.3, -0.25) is 4.68 Å². The Morgan fingerprint density at radius 1 is 1.22 bits per heavy atom. The van der Waals surface area contributed by atoms with Crippen LogP contribution in [0.4, 0.5) is 0 Å². The van der Waals surface area contributed by atoms with Gasteiger partial charge in [0.1, 0.15) is 0 Å². The summed E-state index contributed by atoms with van der Waals surface area (Å²) in [5, 5.41) is 8.78. The molecule has 1 unspecified atom stereocenters. The fourth-order valence-corrected chi connectivity index (χ4v) is 2.26. The molecule has 1 aromatic heterocycles. The third-order valence-electron chi connectivity index (χ3n) is 2.80. The third-order valence-corrected chi connectivity index (χ3v) is 3.49. The molecule has 1 aromatic carbocycles. The Hall–Kier alpha value is -1.06. The number of rotatable bonds is 5. The van der Waals surface area contributed by atoms with E-state index < -0.39 is 0 Å². The molecule has 5 heteroatoms. The molecule has 0 aliphatic rings. The Kier molecular flexibility index (Phi) is 4.61. The van der Waals surface area contributed by atoms with E-state index in [1.807, 2.05) is 37.5 Å². The highest BCUT2D eigenvalue weighted by Gasteiger charge is 2.12. The molecule has 0 radical (unpaired) electrons. The summed E-state index contributed by atoms with van der Waals surface area (Å²) < 4.78 is 1.71. The fourth-order valence-electron chi connectivity index (χ4n) is 1.92. The summed E-state index contributed by atoms with van der Waals surface area (Å²) in [5.41, 5.74) is 2.23. The van der Waals surface area contributed by atoms with E-state index in [-0.39, 0.29) is 0 Å². The van der Waals surface area contributed by atoms with Crippen LogP contribution in [0.5, 0.6) is 0 Å². The number of halogens is 2. The Labute approximate surface area is 117 Å². The number of benzene rings is 1. The normalized spacial score (nSPS) is 12.6. The van der Waals surface area contributed by atoms with Gasteiger partial charge in [-0.05, 0) is 36.5 Å². The highest BCUT2D eigenvalue weighted by Crippen LogP contribution is 2.17. The minimum absolute atomic E-state index is 0.365. The molecule has 3 nitrogen and oxygen atoms in total. The predicted octanol–water partition coefficient (Wildman–Crippen LogP) is 3.11. The van der Waals surface area contributed by atoms with E-state index in [9.17, 15) is 0 Å². The van der Waals surface area contributed by atoms with E-state index >= 15 is 0 Å². The highest BCUT2D eigenvalue weighted by molar-refractivity contribution is 6.30. The number of hydrogen-bond donors (Lipinski definition) is 0. The van der Waals surface area contributed by atoms with Gasteiger partial charge in [0.15, 0.2) is 0 Å². The molecule has 1 atom stereocenters. The van der Waals surface area contributed by atoms with Gasteiger partial charge >= 0.3 is 0 Å². The molecule has 0 fully saturated rings. The number of hydrogen-bond acceptors (Lipinski definition) is 2. The average Bonchev–Trinajstić information content (AvgIpc) is 2.77. The van der Waals surface area contributed by atoms with E-state index in [2.05, 4.69) is 10.3 Å². The lowest BCUT2D eigenvalue weighted by Crippen LogP contribution is -2.10. The Morgan fingerprint density at radius 2 is 1.94 bits per heavy atom. The second kappa shape index (κ2) is 6.21. The van der Waals surface area contributed by atoms with Gasteiger partial charge in [-0.1, -0.05) is 28.9 Å². The van der Waals surface area contributed by atoms with Crippen LogP contribution in [-0.2, 0) is 19.9 Å². The van der Waals surface area contributed by atoms with Crippen molar-refractivity contribution >= 4 is 23.2 Å². The molecule has 0 N–H and O–H groups in total. The average molecular weight is 284 g/mol. The van der Waals surface area contributed by atoms with Crippen LogP contribution in [-0.4, -0.2) is 20.9 Å². The van der Waals surface area contributed by atoms with E-state index in [1.54, 1.807) is 4.68 Å². The first-order valence-corrected chi connectivity index (χ1v) is 6.74. The van der Waals surface area contributed by atoms with Crippen LogP contribution in [0.3, 0.4) is 0 Å². The molecule has 1 heterocycles. The first-order valence-electron chi connectivity index (χ1n) is 5.83. The Bertz CT molecular complexity index is 493. The fraction of sp³-hybridized carbons (Fsp3) is 0.385. The van der Waals surface area contributed by atoms with Gasteiger partial charge in [0.05, 0.1) is 5.69 Å². The maximum absolute atomic E-state index is 6.02. The van der Waals surface area contributed by atoms with Crippen molar-refractivity contribution in [3.63, 3.8) is 0 Å². The minimum atomic E-state index is 0.365. The van der Waals surface area contributed by atoms with Crippen molar-refractivity contribution in [2.24, 2.45) is 13.0 Å². The van der Waals surface area contributed by atoms with Gasteiger partial charge in [-0.25, -0.2) is 0 Å². The van der Waals surface area contributed by atoms with Crippen LogP contribution in [0.25, 0.3) is 0 Å². The molecule has 0 saturated carbocycles. The molecule has 0 amide bonds. The van der Waals surface area contributed by atoms with E-state index in [1.165, 1.54) is 5.56 Å². The lowest BCUT2D eigenvalue weighted by molar-refractivity contribution is 0.574. The lowest BCUT2D eigenvalue weighted by Gasteiger charge is -2.12. The van der Waals surface area contributed by atoms with Crippen molar-refractivity contribution in [2.45, 2.75) is 12.8 Å². The molecule has 0 saturated heterocycles. The summed E-state index contributed by atoms with van der Waals surface area (Å²) >= 11 is 11.9. The molecule has 0 aliphatic heterocycles. The van der Waals surface area contributed by atoms with Gasteiger partial charge in [0.25, 0.3) is 0 Å². The zero-order chi connectivity index (χ0) is 13.0. The molecule has 0 aliphatic carbocycles. The monoisotopic (exact) mass is 283 g/mol. The van der Waals surface area contributed by atoms with Crippen molar-refractivity contribution in [3.05, 3.63) is 46.7 Å². The molecule has 0 bridgehead atoms. The maximum Gasteiger partial charge on any atom is 0.0830 e. The summed E-state index contributed by atoms with van der Waals surface area (Å²) in [7, 11) is 1.87. The summed E-state index contributed by atoms with van der Waals surface area (Å²) in [5.74, 6) is 0.976. The van der Waals surface area contributed by atoms with Crippen LogP contribution >= 0.6 is 23.2 Å². The van der Waals surface area contributed by atoms with E-state index in [4.69, 9.17) is 23.2 Å². The second-order valence-corrected chi connectivity index (χ2v) is 5.18. The summed E-state index contributed by atoms with van der Waals surface area (Å²) in [6.45, 7) is 0. The van der Waals surface area contributed by atoms with Crippen LogP contribution in [0.2, 0.25) is 5.02 Å². The second-order valence-electron chi connectivity index (χ2n) is 4.44. The number of aromatic nitrogens is 3. The van der Waals surface area contributed by atoms with Gasteiger partial charge in [-0.15, -0.1) is 16.7 Å². The summed E-state index contributed by atoms with van der Waals surface area (Å²) in [6.07, 6.45) is 3.71. The van der Waals surface area contributed by atoms with Gasteiger partial charge in [-0.2, -0.15) is 0 Å². The number of alkyl halides is 1. The highest BCUT2D eigenvalue weighted by atomic mass is 35.5. The van der Waals surface area contributed by atoms with Crippen LogP contribution in [0, 0.1) is 5.92 Å². The number of nitrogens with zero attached hydrogens (tertiary/aromatic N) is 3. The van der Waals surface area contributed by atoms with Gasteiger partial charge < -0.3 is 0 Å². The summed E-state index contributed by atoms with van der Waals surface area (Å²) in [4.78, 5) is 0. The zero-order valence-electron chi connectivity index (χ0n) is 10.2. The van der Waals surface area contributed by atoms with Crippen molar-refractivity contribution in [1.82, 2.24) is 15.0 Å². The van der Waals surface area contributed by atoms with E-state index in [0.29, 0.717) is 11.8 Å². The molecule has 2 rings (SSSR count). The summed E-state index contributed by atoms with van der Waals surface area (Å²) in [6, 6.07) is 7.89. The van der Waals surface area contributed by atoms with E-state index in [0.717, 1.165) is 23.6 Å². The Balaban J connectivity index is 1.99. The van der Waals surface area contributed by atoms with Crippen LogP contribution in [0.15, 0.2) is 30.5 Å². The zero-order valence-corrected chi connectivity index (χ0v) is 11.7. The first kappa shape index (κ1) is 13.4. The van der Waals surface area contributed by atoms with Crippen molar-refractivity contribution in [1.29, 1.82) is 0 Å². The number of aryl methyl sites for hydroxylation is 1. The SMILES string of the molecule is Cn1cc(CC(CCl)Cc2ccc(Cl)cc2)nn1. The first-order chi connectivity index (χ1) is 8.67. The topological polar surface area (TPSA) is 30.7 Å². The van der Waals surface area contributed by atoms with Crippen LogP contribution < -0.4 is 0 Å². The van der Waals surface area contributed by atoms with Gasteiger partial charge in [0, 0.05) is 24.1 Å². The van der Waals surface area contributed by atoms with Gasteiger partial charge in [0.2, 0.25) is 0 Å². The quantitative estimate of drug-likeness (QED) is 0.790. The van der Waals surface area contributed by atoms with Crippen LogP contribution in [0.1, 0.15) is 11.3 Å². The molecule has 0 spiro atoms. The smallest absolute Gasteiger partial charge is 0.0830 e. The predicted molar refractivity (Wildman–Crippen MR) is 74.1 cm³/mol. The largest absolute Gasteiger partial charge is 0.255 e.